The van der Waals surface area contributed by atoms with Gasteiger partial charge in [-0.05, 0) is 0 Å². The Morgan fingerprint density at radius 3 is 2.53 bits per heavy atom. The Hall–Kier alpha value is -2.63. The second kappa shape index (κ2) is 4.48. The molecule has 2 aromatic rings. The van der Waals surface area contributed by atoms with Crippen molar-refractivity contribution in [1.82, 2.24) is 9.97 Å². The summed E-state index contributed by atoms with van der Waals surface area (Å²) in [5, 5.41) is 10.6. The molecule has 0 N–H and O–H groups in total. The number of nitrogens with zero attached hydrogens (tertiary/aromatic N) is 3. The summed E-state index contributed by atoms with van der Waals surface area (Å²) in [6.45, 7) is 0. The van der Waals surface area contributed by atoms with Gasteiger partial charge in [0.05, 0.1) is 10.5 Å². The van der Waals surface area contributed by atoms with Crippen molar-refractivity contribution >= 4 is 12.0 Å². The minimum Gasteiger partial charge on any atom is -0.298 e. The fourth-order valence-corrected chi connectivity index (χ4v) is 1.31. The highest BCUT2D eigenvalue weighted by molar-refractivity contribution is 5.74. The molecule has 6 nitrogen and oxygen atoms in total. The Kier molecular flexibility index (Phi) is 2.87. The number of non-ortho nitro benzene ring substituents is 1. The number of aromatic nitrogens is 2. The number of rotatable bonds is 3. The number of nitro benzene ring substituents is 1. The predicted octanol–water partition coefficient (Wildman–Crippen LogP) is 1.86. The summed E-state index contributed by atoms with van der Waals surface area (Å²) in [5.74, 6) is 0.347. The minimum absolute atomic E-state index is 0.0226. The van der Waals surface area contributed by atoms with Gasteiger partial charge in [0, 0.05) is 30.1 Å². The number of nitro groups is 1. The van der Waals surface area contributed by atoms with Crippen LogP contribution in [0.25, 0.3) is 11.4 Å². The monoisotopic (exact) mass is 229 g/mol. The van der Waals surface area contributed by atoms with Crippen LogP contribution >= 0.6 is 0 Å². The van der Waals surface area contributed by atoms with Crippen molar-refractivity contribution in [3.8, 4) is 11.4 Å². The first-order valence-electron chi connectivity index (χ1n) is 4.73. The van der Waals surface area contributed by atoms with Gasteiger partial charge in [-0.25, -0.2) is 9.97 Å². The summed E-state index contributed by atoms with van der Waals surface area (Å²) in [7, 11) is 0. The van der Waals surface area contributed by atoms with E-state index in [-0.39, 0.29) is 5.69 Å². The number of hydrogen-bond acceptors (Lipinski definition) is 5. The van der Waals surface area contributed by atoms with Gasteiger partial charge in [-0.1, -0.05) is 12.1 Å². The highest BCUT2D eigenvalue weighted by Gasteiger charge is 2.08. The van der Waals surface area contributed by atoms with Crippen LogP contribution in [0.1, 0.15) is 10.4 Å². The lowest BCUT2D eigenvalue weighted by atomic mass is 10.2. The smallest absolute Gasteiger partial charge is 0.270 e. The molecule has 17 heavy (non-hydrogen) atoms. The van der Waals surface area contributed by atoms with Gasteiger partial charge in [0.1, 0.15) is 0 Å². The first-order chi connectivity index (χ1) is 8.20. The first kappa shape index (κ1) is 10.9. The molecule has 0 bridgehead atoms. The fraction of sp³-hybridized carbons (Fsp3) is 0. The molecule has 0 aliphatic heterocycles. The molecule has 1 aromatic heterocycles. The lowest BCUT2D eigenvalue weighted by Crippen LogP contribution is -1.93. The van der Waals surface area contributed by atoms with Crippen LogP contribution in [0, 0.1) is 10.1 Å². The van der Waals surface area contributed by atoms with Crippen LogP contribution in [0.2, 0.25) is 0 Å². The topological polar surface area (TPSA) is 86.0 Å². The van der Waals surface area contributed by atoms with Crippen LogP contribution in [0.5, 0.6) is 0 Å². The predicted molar refractivity (Wildman–Crippen MR) is 59.5 cm³/mol. The van der Waals surface area contributed by atoms with Crippen LogP contribution < -0.4 is 0 Å². The largest absolute Gasteiger partial charge is 0.298 e. The zero-order valence-electron chi connectivity index (χ0n) is 8.61. The molecule has 0 radical (unpaired) electrons. The molecular weight excluding hydrogens is 222 g/mol. The molecule has 1 aromatic carbocycles. The Labute approximate surface area is 96.1 Å². The number of hydrogen-bond donors (Lipinski definition) is 0. The molecule has 84 valence electrons. The normalized spacial score (nSPS) is 9.88. The molecular formula is C11H7N3O3. The highest BCUT2D eigenvalue weighted by atomic mass is 16.6. The van der Waals surface area contributed by atoms with E-state index in [0.717, 1.165) is 0 Å². The Bertz CT molecular complexity index is 566. The lowest BCUT2D eigenvalue weighted by Gasteiger charge is -1.99. The molecule has 0 fully saturated rings. The first-order valence-corrected chi connectivity index (χ1v) is 4.73. The maximum Gasteiger partial charge on any atom is 0.270 e. The molecule has 0 aliphatic carbocycles. The van der Waals surface area contributed by atoms with E-state index in [1.807, 2.05) is 0 Å². The van der Waals surface area contributed by atoms with Crippen molar-refractivity contribution in [1.29, 1.82) is 0 Å². The fourth-order valence-electron chi connectivity index (χ4n) is 1.31. The van der Waals surface area contributed by atoms with Gasteiger partial charge in [0.2, 0.25) is 0 Å². The molecule has 0 aliphatic rings. The van der Waals surface area contributed by atoms with Gasteiger partial charge in [-0.15, -0.1) is 0 Å². The molecule has 0 atom stereocenters. The number of carbonyl (C=O) groups excluding carboxylic acids is 1. The zero-order chi connectivity index (χ0) is 12.3. The number of benzene rings is 1. The second-order valence-corrected chi connectivity index (χ2v) is 3.27. The Morgan fingerprint density at radius 1 is 1.24 bits per heavy atom. The van der Waals surface area contributed by atoms with E-state index in [9.17, 15) is 14.9 Å². The van der Waals surface area contributed by atoms with Crippen molar-refractivity contribution in [3.63, 3.8) is 0 Å². The van der Waals surface area contributed by atoms with Crippen molar-refractivity contribution in [2.45, 2.75) is 0 Å². The third-order valence-corrected chi connectivity index (χ3v) is 2.12. The van der Waals surface area contributed by atoms with Crippen molar-refractivity contribution in [3.05, 3.63) is 52.3 Å². The van der Waals surface area contributed by atoms with E-state index in [1.54, 1.807) is 12.1 Å². The average molecular weight is 229 g/mol. The maximum absolute atomic E-state index is 10.6. The van der Waals surface area contributed by atoms with Crippen LogP contribution in [-0.4, -0.2) is 21.2 Å². The van der Waals surface area contributed by atoms with Crippen molar-refractivity contribution < 1.29 is 9.72 Å². The summed E-state index contributed by atoms with van der Waals surface area (Å²) in [6, 6.07) is 6.01. The highest BCUT2D eigenvalue weighted by Crippen LogP contribution is 2.20. The Morgan fingerprint density at radius 2 is 1.94 bits per heavy atom. The van der Waals surface area contributed by atoms with E-state index in [2.05, 4.69) is 9.97 Å². The lowest BCUT2D eigenvalue weighted by molar-refractivity contribution is -0.384. The van der Waals surface area contributed by atoms with Gasteiger partial charge >= 0.3 is 0 Å². The standard InChI is InChI=1S/C11H7N3O3/c15-7-8-5-12-11(13-6-8)9-2-1-3-10(4-9)14(16)17/h1-7H. The molecule has 6 heteroatoms. The minimum atomic E-state index is -0.483. The zero-order valence-corrected chi connectivity index (χ0v) is 8.61. The van der Waals surface area contributed by atoms with Crippen LogP contribution in [-0.2, 0) is 0 Å². The molecule has 0 saturated heterocycles. The van der Waals surface area contributed by atoms with Gasteiger partial charge in [0.15, 0.2) is 12.1 Å². The van der Waals surface area contributed by atoms with Gasteiger partial charge in [-0.3, -0.25) is 14.9 Å². The summed E-state index contributed by atoms with van der Waals surface area (Å²) >= 11 is 0. The molecule has 0 spiro atoms. The van der Waals surface area contributed by atoms with Gasteiger partial charge < -0.3 is 0 Å². The average Bonchev–Trinajstić information content (AvgIpc) is 2.39. The van der Waals surface area contributed by atoms with Crippen molar-refractivity contribution in [2.24, 2.45) is 0 Å². The molecule has 2 rings (SSSR count). The van der Waals surface area contributed by atoms with E-state index in [4.69, 9.17) is 0 Å². The van der Waals surface area contributed by atoms with E-state index in [0.29, 0.717) is 23.2 Å². The van der Waals surface area contributed by atoms with Gasteiger partial charge in [0.25, 0.3) is 5.69 Å². The van der Waals surface area contributed by atoms with Crippen LogP contribution in [0.4, 0.5) is 5.69 Å². The third kappa shape index (κ3) is 2.31. The molecule has 0 amide bonds. The molecule has 1 heterocycles. The van der Waals surface area contributed by atoms with E-state index >= 15 is 0 Å². The summed E-state index contributed by atoms with van der Waals surface area (Å²) < 4.78 is 0. The Balaban J connectivity index is 2.41. The van der Waals surface area contributed by atoms with Gasteiger partial charge in [-0.2, -0.15) is 0 Å². The third-order valence-electron chi connectivity index (χ3n) is 2.12. The quantitative estimate of drug-likeness (QED) is 0.455. The summed E-state index contributed by atoms with van der Waals surface area (Å²) in [4.78, 5) is 28.5. The van der Waals surface area contributed by atoms with E-state index in [1.165, 1.54) is 24.5 Å². The molecule has 0 saturated carbocycles. The SMILES string of the molecule is O=Cc1cnc(-c2cccc([N+](=O)[O-])c2)nc1. The molecule has 0 unspecified atom stereocenters. The van der Waals surface area contributed by atoms with E-state index < -0.39 is 4.92 Å². The van der Waals surface area contributed by atoms with Crippen LogP contribution in [0.3, 0.4) is 0 Å². The number of carbonyl (C=O) groups is 1. The number of aldehydes is 1. The summed E-state index contributed by atoms with van der Waals surface area (Å²) in [6.07, 6.45) is 3.37. The summed E-state index contributed by atoms with van der Waals surface area (Å²) in [5.41, 5.74) is 0.876. The van der Waals surface area contributed by atoms with Crippen molar-refractivity contribution in [2.75, 3.05) is 0 Å². The maximum atomic E-state index is 10.6. The van der Waals surface area contributed by atoms with Crippen LogP contribution in [0.15, 0.2) is 36.7 Å². The second-order valence-electron chi connectivity index (χ2n) is 3.27.